The Labute approximate surface area is 183 Å². The minimum atomic E-state index is -1.83. The summed E-state index contributed by atoms with van der Waals surface area (Å²) >= 11 is 0. The molecule has 2 amide bonds. The molecule has 1 aromatic heterocycles. The smallest absolute Gasteiger partial charge is 0.254 e. The molecule has 0 aliphatic carbocycles. The van der Waals surface area contributed by atoms with Crippen molar-refractivity contribution < 1.29 is 23.5 Å². The van der Waals surface area contributed by atoms with Crippen molar-refractivity contribution in [2.45, 2.75) is 38.3 Å². The molecule has 0 saturated carbocycles. The predicted octanol–water partition coefficient (Wildman–Crippen LogP) is 3.19. The number of amides is 2. The maximum atomic E-state index is 13.3. The van der Waals surface area contributed by atoms with Crippen molar-refractivity contribution in [1.29, 1.82) is 0 Å². The van der Waals surface area contributed by atoms with Gasteiger partial charge in [-0.25, -0.2) is 8.78 Å². The minimum Gasteiger partial charge on any atom is -0.378 e. The van der Waals surface area contributed by atoms with E-state index >= 15 is 0 Å². The van der Waals surface area contributed by atoms with Gasteiger partial charge in [-0.2, -0.15) is 5.10 Å². The molecular formula is C23H24F2N4O3. The topological polar surface area (TPSA) is 107 Å². The molecule has 32 heavy (non-hydrogen) atoms. The molecule has 7 nitrogen and oxygen atoms in total. The molecule has 2 atom stereocenters. The van der Waals surface area contributed by atoms with Crippen molar-refractivity contribution in [3.63, 3.8) is 0 Å². The number of aliphatic hydroxyl groups is 1. The van der Waals surface area contributed by atoms with Crippen LogP contribution in [0.1, 0.15) is 43.7 Å². The van der Waals surface area contributed by atoms with Crippen LogP contribution in [-0.2, 0) is 15.0 Å². The summed E-state index contributed by atoms with van der Waals surface area (Å²) in [6.45, 7) is 5.44. The second-order valence-electron chi connectivity index (χ2n) is 7.98. The SMILES string of the molecule is C[C@H](NC(=O)[C@@H](O)c1cc(F)cc(F)c1)C(=O)Nc1cc(C(C)(C)c2ccccc2)[nH]n1. The van der Waals surface area contributed by atoms with Crippen LogP contribution in [-0.4, -0.2) is 33.2 Å². The number of aromatic nitrogens is 2. The van der Waals surface area contributed by atoms with Crippen molar-refractivity contribution in [3.05, 3.63) is 83.1 Å². The van der Waals surface area contributed by atoms with Crippen molar-refractivity contribution in [3.8, 4) is 0 Å². The molecule has 0 saturated heterocycles. The lowest BCUT2D eigenvalue weighted by Crippen LogP contribution is -2.43. The van der Waals surface area contributed by atoms with Gasteiger partial charge in [-0.15, -0.1) is 0 Å². The molecule has 0 aliphatic rings. The summed E-state index contributed by atoms with van der Waals surface area (Å²) in [6.07, 6.45) is -1.83. The Bertz CT molecular complexity index is 1100. The maximum Gasteiger partial charge on any atom is 0.254 e. The zero-order chi connectivity index (χ0) is 23.5. The summed E-state index contributed by atoms with van der Waals surface area (Å²) in [4.78, 5) is 24.7. The van der Waals surface area contributed by atoms with Gasteiger partial charge in [0.15, 0.2) is 11.9 Å². The van der Waals surface area contributed by atoms with E-state index in [1.54, 1.807) is 6.07 Å². The van der Waals surface area contributed by atoms with Gasteiger partial charge in [0.1, 0.15) is 17.7 Å². The summed E-state index contributed by atoms with van der Waals surface area (Å²) in [5.74, 6) is -3.13. The van der Waals surface area contributed by atoms with E-state index in [1.807, 2.05) is 44.2 Å². The number of carbonyl (C=O) groups excluding carboxylic acids is 2. The van der Waals surface area contributed by atoms with E-state index in [4.69, 9.17) is 0 Å². The van der Waals surface area contributed by atoms with Crippen molar-refractivity contribution in [2.75, 3.05) is 5.32 Å². The minimum absolute atomic E-state index is 0.257. The van der Waals surface area contributed by atoms with E-state index in [0.717, 1.165) is 23.4 Å². The van der Waals surface area contributed by atoms with Crippen LogP contribution in [0.2, 0.25) is 0 Å². The lowest BCUT2D eigenvalue weighted by molar-refractivity contribution is -0.132. The average molecular weight is 442 g/mol. The first kappa shape index (κ1) is 23.1. The second-order valence-corrected chi connectivity index (χ2v) is 7.98. The molecule has 0 fully saturated rings. The number of H-pyrrole nitrogens is 1. The third kappa shape index (κ3) is 5.17. The van der Waals surface area contributed by atoms with Crippen molar-refractivity contribution >= 4 is 17.6 Å². The van der Waals surface area contributed by atoms with E-state index in [-0.39, 0.29) is 16.8 Å². The summed E-state index contributed by atoms with van der Waals surface area (Å²) < 4.78 is 26.6. The van der Waals surface area contributed by atoms with Gasteiger partial charge in [-0.3, -0.25) is 14.7 Å². The largest absolute Gasteiger partial charge is 0.378 e. The molecule has 9 heteroatoms. The molecule has 0 bridgehead atoms. The van der Waals surface area contributed by atoms with Gasteiger partial charge in [0, 0.05) is 23.2 Å². The van der Waals surface area contributed by atoms with Gasteiger partial charge in [0.05, 0.1) is 0 Å². The number of carbonyl (C=O) groups is 2. The van der Waals surface area contributed by atoms with Crippen molar-refractivity contribution in [1.82, 2.24) is 15.5 Å². The van der Waals surface area contributed by atoms with Crippen LogP contribution in [0.4, 0.5) is 14.6 Å². The molecule has 3 rings (SSSR count). The molecular weight excluding hydrogens is 418 g/mol. The average Bonchev–Trinajstić information content (AvgIpc) is 3.22. The van der Waals surface area contributed by atoms with Gasteiger partial charge < -0.3 is 15.7 Å². The number of hydrogen-bond donors (Lipinski definition) is 4. The molecule has 0 spiro atoms. The first-order chi connectivity index (χ1) is 15.1. The number of nitrogens with zero attached hydrogens (tertiary/aromatic N) is 1. The van der Waals surface area contributed by atoms with Crippen LogP contribution >= 0.6 is 0 Å². The predicted molar refractivity (Wildman–Crippen MR) is 115 cm³/mol. The van der Waals surface area contributed by atoms with E-state index < -0.39 is 35.6 Å². The highest BCUT2D eigenvalue weighted by Crippen LogP contribution is 2.31. The number of hydrogen-bond acceptors (Lipinski definition) is 4. The molecule has 0 unspecified atom stereocenters. The summed E-state index contributed by atoms with van der Waals surface area (Å²) in [7, 11) is 0. The summed E-state index contributed by atoms with van der Waals surface area (Å²) in [6, 6.07) is 12.8. The molecule has 2 aromatic carbocycles. The highest BCUT2D eigenvalue weighted by atomic mass is 19.1. The van der Waals surface area contributed by atoms with E-state index in [9.17, 15) is 23.5 Å². The number of halogens is 2. The Hall–Kier alpha value is -3.59. The van der Waals surface area contributed by atoms with Crippen LogP contribution in [0.15, 0.2) is 54.6 Å². The number of rotatable bonds is 7. The monoisotopic (exact) mass is 442 g/mol. The van der Waals surface area contributed by atoms with Crippen LogP contribution in [0.3, 0.4) is 0 Å². The number of aromatic amines is 1. The van der Waals surface area contributed by atoms with E-state index in [1.165, 1.54) is 6.92 Å². The number of anilines is 1. The fourth-order valence-corrected chi connectivity index (χ4v) is 3.19. The van der Waals surface area contributed by atoms with Crippen LogP contribution in [0.25, 0.3) is 0 Å². The standard InChI is InChI=1S/C23H24F2N4O3/c1-13(26-22(32)20(30)14-9-16(24)11-17(25)10-14)21(31)27-19-12-18(28-29-19)23(2,3)15-7-5-4-6-8-15/h4-13,20,30H,1-3H3,(H,26,32)(H2,27,28,29,31)/t13-,20-/m0/s1. The van der Waals surface area contributed by atoms with Crippen LogP contribution in [0.5, 0.6) is 0 Å². The lowest BCUT2D eigenvalue weighted by atomic mass is 9.82. The molecule has 0 aliphatic heterocycles. The lowest BCUT2D eigenvalue weighted by Gasteiger charge is -2.23. The van der Waals surface area contributed by atoms with Gasteiger partial charge in [-0.05, 0) is 30.2 Å². The second kappa shape index (κ2) is 9.27. The molecule has 168 valence electrons. The van der Waals surface area contributed by atoms with Crippen LogP contribution in [0, 0.1) is 11.6 Å². The highest BCUT2D eigenvalue weighted by molar-refractivity contribution is 5.97. The van der Waals surface area contributed by atoms with Crippen LogP contribution < -0.4 is 10.6 Å². The normalized spacial score (nSPS) is 13.3. The van der Waals surface area contributed by atoms with E-state index in [0.29, 0.717) is 6.07 Å². The quantitative estimate of drug-likeness (QED) is 0.451. The number of aliphatic hydroxyl groups excluding tert-OH is 1. The Morgan fingerprint density at radius 2 is 1.66 bits per heavy atom. The zero-order valence-electron chi connectivity index (χ0n) is 17.8. The third-order valence-corrected chi connectivity index (χ3v) is 5.20. The van der Waals surface area contributed by atoms with Gasteiger partial charge in [0.25, 0.3) is 5.91 Å². The molecule has 1 heterocycles. The fraction of sp³-hybridized carbons (Fsp3) is 0.261. The highest BCUT2D eigenvalue weighted by Gasteiger charge is 2.27. The maximum absolute atomic E-state index is 13.3. The number of nitrogens with one attached hydrogen (secondary N) is 3. The summed E-state index contributed by atoms with van der Waals surface area (Å²) in [5.41, 5.74) is 1.19. The first-order valence-corrected chi connectivity index (χ1v) is 9.94. The Kier molecular flexibility index (Phi) is 6.69. The van der Waals surface area contributed by atoms with E-state index in [2.05, 4.69) is 20.8 Å². The number of benzene rings is 2. The Balaban J connectivity index is 1.63. The third-order valence-electron chi connectivity index (χ3n) is 5.20. The van der Waals surface area contributed by atoms with Gasteiger partial charge in [-0.1, -0.05) is 44.2 Å². The Morgan fingerprint density at radius 1 is 1.03 bits per heavy atom. The molecule has 3 aromatic rings. The Morgan fingerprint density at radius 3 is 2.28 bits per heavy atom. The zero-order valence-corrected chi connectivity index (χ0v) is 17.8. The van der Waals surface area contributed by atoms with Crippen molar-refractivity contribution in [2.24, 2.45) is 0 Å². The van der Waals surface area contributed by atoms with Gasteiger partial charge >= 0.3 is 0 Å². The van der Waals surface area contributed by atoms with Gasteiger partial charge in [0.2, 0.25) is 5.91 Å². The fourth-order valence-electron chi connectivity index (χ4n) is 3.19. The first-order valence-electron chi connectivity index (χ1n) is 9.94. The molecule has 4 N–H and O–H groups in total. The summed E-state index contributed by atoms with van der Waals surface area (Å²) in [5, 5.41) is 22.0. The molecule has 0 radical (unpaired) electrons.